The fraction of sp³-hybridized carbons (Fsp3) is 0.400. The van der Waals surface area contributed by atoms with E-state index in [1.807, 2.05) is 18.2 Å². The molecule has 0 saturated carbocycles. The summed E-state index contributed by atoms with van der Waals surface area (Å²) in [6, 6.07) is 13.9. The highest BCUT2D eigenvalue weighted by Crippen LogP contribution is 2.37. The van der Waals surface area contributed by atoms with Crippen LogP contribution in [0.25, 0.3) is 17.0 Å². The first-order valence-electron chi connectivity index (χ1n) is 13.7. The van der Waals surface area contributed by atoms with Crippen LogP contribution in [0.15, 0.2) is 54.7 Å². The van der Waals surface area contributed by atoms with E-state index in [0.29, 0.717) is 30.0 Å². The first-order valence-corrected chi connectivity index (χ1v) is 13.7. The van der Waals surface area contributed by atoms with Gasteiger partial charge in [0.05, 0.1) is 12.1 Å². The molecule has 3 aliphatic rings. The normalized spacial score (nSPS) is 24.3. The van der Waals surface area contributed by atoms with Crippen LogP contribution in [0.4, 0.5) is 0 Å². The Labute approximate surface area is 227 Å². The Hall–Kier alpha value is -3.66. The summed E-state index contributed by atoms with van der Waals surface area (Å²) in [5, 5.41) is 4.37. The van der Waals surface area contributed by atoms with Crippen molar-refractivity contribution in [2.75, 3.05) is 19.7 Å². The average molecular weight is 531 g/mol. The molecular formula is C30H34N4O5. The number of hydrogen-bond donors (Lipinski definition) is 3. The second-order valence-electron chi connectivity index (χ2n) is 10.6. The molecule has 9 heteroatoms. The van der Waals surface area contributed by atoms with Crippen molar-refractivity contribution in [3.05, 3.63) is 71.4 Å². The second kappa shape index (κ2) is 10.8. The number of likely N-dealkylation sites (tertiary alicyclic amines) is 1. The number of amides is 2. The lowest BCUT2D eigenvalue weighted by atomic mass is 9.95. The number of carbonyl (C=O) groups is 2. The Kier molecular flexibility index (Phi) is 7.12. The van der Waals surface area contributed by atoms with Crippen molar-refractivity contribution < 1.29 is 23.9 Å². The highest BCUT2D eigenvalue weighted by atomic mass is 16.8. The Morgan fingerprint density at radius 2 is 2.13 bits per heavy atom. The minimum Gasteiger partial charge on any atom is -0.466 e. The van der Waals surface area contributed by atoms with E-state index in [9.17, 15) is 9.59 Å². The van der Waals surface area contributed by atoms with Crippen molar-refractivity contribution in [2.45, 2.75) is 57.1 Å². The SMILES string of the molecule is CC(c1c[nH]c2ccccc12)N1CCCC2(C1)NC(=O)c1cc(C=CC(=O)NOC3CCCCO3)ccc1O2. The summed E-state index contributed by atoms with van der Waals surface area (Å²) in [6.07, 6.45) is 9.11. The van der Waals surface area contributed by atoms with Crippen molar-refractivity contribution in [1.82, 2.24) is 20.7 Å². The molecule has 1 aromatic heterocycles. The minimum absolute atomic E-state index is 0.160. The molecule has 4 heterocycles. The predicted octanol–water partition coefficient (Wildman–Crippen LogP) is 4.43. The molecule has 2 fully saturated rings. The van der Waals surface area contributed by atoms with Crippen molar-refractivity contribution in [2.24, 2.45) is 0 Å². The van der Waals surface area contributed by atoms with E-state index >= 15 is 0 Å². The van der Waals surface area contributed by atoms with Crippen LogP contribution in [-0.2, 0) is 14.4 Å². The number of H-pyrrole nitrogens is 1. The smallest absolute Gasteiger partial charge is 0.267 e. The largest absolute Gasteiger partial charge is 0.466 e. The summed E-state index contributed by atoms with van der Waals surface area (Å²) >= 11 is 0. The number of ether oxygens (including phenoxy) is 2. The molecule has 2 aromatic carbocycles. The van der Waals surface area contributed by atoms with Crippen molar-refractivity contribution in [1.29, 1.82) is 0 Å². The Balaban J connectivity index is 1.12. The molecule has 0 aliphatic carbocycles. The van der Waals surface area contributed by atoms with Crippen molar-refractivity contribution >= 4 is 28.8 Å². The van der Waals surface area contributed by atoms with Crippen LogP contribution >= 0.6 is 0 Å². The number of nitrogens with zero attached hydrogens (tertiary/aromatic N) is 1. The molecule has 39 heavy (non-hydrogen) atoms. The van der Waals surface area contributed by atoms with Crippen LogP contribution in [0.2, 0.25) is 0 Å². The van der Waals surface area contributed by atoms with Gasteiger partial charge < -0.3 is 19.8 Å². The predicted molar refractivity (Wildman–Crippen MR) is 147 cm³/mol. The number of aromatic amines is 1. The first kappa shape index (κ1) is 25.6. The number of piperidine rings is 1. The Morgan fingerprint density at radius 1 is 1.23 bits per heavy atom. The lowest BCUT2D eigenvalue weighted by molar-refractivity contribution is -0.198. The van der Waals surface area contributed by atoms with Crippen molar-refractivity contribution in [3.8, 4) is 5.75 Å². The van der Waals surface area contributed by atoms with E-state index in [-0.39, 0.29) is 11.9 Å². The van der Waals surface area contributed by atoms with Crippen LogP contribution < -0.4 is 15.5 Å². The second-order valence-corrected chi connectivity index (χ2v) is 10.6. The molecular weight excluding hydrogens is 496 g/mol. The van der Waals surface area contributed by atoms with E-state index < -0.39 is 17.9 Å². The number of benzene rings is 2. The van der Waals surface area contributed by atoms with Gasteiger partial charge in [-0.2, -0.15) is 0 Å². The third-order valence-electron chi connectivity index (χ3n) is 7.85. The van der Waals surface area contributed by atoms with Crippen LogP contribution in [0.5, 0.6) is 5.75 Å². The molecule has 3 aromatic rings. The van der Waals surface area contributed by atoms with Gasteiger partial charge in [0.1, 0.15) is 5.75 Å². The molecule has 3 N–H and O–H groups in total. The number of hydroxylamine groups is 1. The summed E-state index contributed by atoms with van der Waals surface area (Å²) in [5.74, 6) is -0.0109. The highest BCUT2D eigenvalue weighted by Gasteiger charge is 2.44. The van der Waals surface area contributed by atoms with Gasteiger partial charge in [-0.3, -0.25) is 14.5 Å². The zero-order valence-electron chi connectivity index (χ0n) is 22.1. The van der Waals surface area contributed by atoms with Gasteiger partial charge in [0.15, 0.2) is 12.0 Å². The third kappa shape index (κ3) is 5.43. The maximum atomic E-state index is 13.3. The van der Waals surface area contributed by atoms with Crippen LogP contribution in [0.1, 0.15) is 66.6 Å². The molecule has 6 rings (SSSR count). The van der Waals surface area contributed by atoms with Gasteiger partial charge in [-0.15, -0.1) is 0 Å². The topological polar surface area (TPSA) is 105 Å². The van der Waals surface area contributed by atoms with Gasteiger partial charge >= 0.3 is 0 Å². The molecule has 9 nitrogen and oxygen atoms in total. The number of fused-ring (bicyclic) bond motifs is 2. The number of rotatable bonds is 6. The average Bonchev–Trinajstić information content (AvgIpc) is 3.39. The van der Waals surface area contributed by atoms with Gasteiger partial charge in [0.2, 0.25) is 0 Å². The number of hydrogen-bond acceptors (Lipinski definition) is 6. The Bertz CT molecular complexity index is 1400. The monoisotopic (exact) mass is 530 g/mol. The lowest BCUT2D eigenvalue weighted by Gasteiger charge is -2.47. The van der Waals surface area contributed by atoms with E-state index in [1.54, 1.807) is 12.1 Å². The minimum atomic E-state index is -0.779. The molecule has 1 spiro atoms. The lowest BCUT2D eigenvalue weighted by Crippen LogP contribution is -2.64. The maximum absolute atomic E-state index is 13.3. The number of para-hydroxylation sites is 1. The first-order chi connectivity index (χ1) is 19.0. The van der Waals surface area contributed by atoms with Crippen LogP contribution in [-0.4, -0.2) is 53.4 Å². The maximum Gasteiger partial charge on any atom is 0.267 e. The zero-order chi connectivity index (χ0) is 26.8. The van der Waals surface area contributed by atoms with Gasteiger partial charge in [0.25, 0.3) is 11.8 Å². The fourth-order valence-corrected chi connectivity index (χ4v) is 5.77. The quantitative estimate of drug-likeness (QED) is 0.322. The molecule has 3 unspecified atom stereocenters. The van der Waals surface area contributed by atoms with Crippen LogP contribution in [0.3, 0.4) is 0 Å². The fourth-order valence-electron chi connectivity index (χ4n) is 5.77. The molecule has 2 saturated heterocycles. The molecule has 2 amide bonds. The van der Waals surface area contributed by atoms with Gasteiger partial charge in [-0.05, 0) is 68.1 Å². The molecule has 3 atom stereocenters. The van der Waals surface area contributed by atoms with Gasteiger partial charge in [-0.25, -0.2) is 10.3 Å². The van der Waals surface area contributed by atoms with E-state index in [1.165, 1.54) is 17.0 Å². The molecule has 0 radical (unpaired) electrons. The summed E-state index contributed by atoms with van der Waals surface area (Å²) in [4.78, 5) is 36.5. The standard InChI is InChI=1S/C30H34N4O5/c1-20(24-18-31-25-8-3-2-7-22(24)25)34-15-6-14-30(19-34)32-29(36)23-17-21(10-12-26(23)38-30)11-13-27(35)33-39-28-9-4-5-16-37-28/h2-3,7-8,10-13,17-18,20,28,31H,4-6,9,14-16,19H2,1H3,(H,32,36)(H,33,35). The number of nitrogens with one attached hydrogen (secondary N) is 3. The zero-order valence-corrected chi connectivity index (χ0v) is 22.1. The highest BCUT2D eigenvalue weighted by molar-refractivity contribution is 5.99. The summed E-state index contributed by atoms with van der Waals surface area (Å²) in [5.41, 5.74) is 5.15. The number of aromatic nitrogens is 1. The summed E-state index contributed by atoms with van der Waals surface area (Å²) in [7, 11) is 0. The summed E-state index contributed by atoms with van der Waals surface area (Å²) < 4.78 is 11.9. The molecule has 3 aliphatic heterocycles. The van der Waals surface area contributed by atoms with E-state index in [0.717, 1.165) is 44.2 Å². The summed E-state index contributed by atoms with van der Waals surface area (Å²) in [6.45, 7) is 4.36. The third-order valence-corrected chi connectivity index (χ3v) is 7.85. The van der Waals surface area contributed by atoms with Gasteiger partial charge in [0, 0.05) is 48.7 Å². The van der Waals surface area contributed by atoms with Crippen molar-refractivity contribution in [3.63, 3.8) is 0 Å². The number of carbonyl (C=O) groups excluding carboxylic acids is 2. The van der Waals surface area contributed by atoms with Gasteiger partial charge in [-0.1, -0.05) is 24.3 Å². The Morgan fingerprint density at radius 3 is 3.00 bits per heavy atom. The van der Waals surface area contributed by atoms with E-state index in [2.05, 4.69) is 52.0 Å². The van der Waals surface area contributed by atoms with E-state index in [4.69, 9.17) is 14.3 Å². The van der Waals surface area contributed by atoms with Crippen LogP contribution in [0, 0.1) is 0 Å². The molecule has 0 bridgehead atoms. The molecule has 204 valence electrons.